The van der Waals surface area contributed by atoms with Gasteiger partial charge in [-0.2, -0.15) is 0 Å². The molecule has 9 aromatic heterocycles. The maximum Gasteiger partial charge on any atom is 0.155 e. The average Bonchev–Trinajstić information content (AvgIpc) is 1.38. The molecular weight excluding hydrogens is 1810 g/mol. The van der Waals surface area contributed by atoms with Crippen molar-refractivity contribution < 1.29 is 0 Å². The molecule has 23 aromatic carbocycles. The Kier molecular flexibility index (Phi) is 18.2. The highest BCUT2D eigenvalue weighted by Crippen LogP contribution is 2.52. The zero-order valence-electron chi connectivity index (χ0n) is 78.1. The Labute approximate surface area is 843 Å². The van der Waals surface area contributed by atoms with E-state index >= 15 is 0 Å². The molecule has 0 unspecified atom stereocenters. The van der Waals surface area contributed by atoms with Crippen molar-refractivity contribution in [2.24, 2.45) is 0 Å². The Hall–Kier alpha value is -18.1. The van der Waals surface area contributed by atoms with Crippen LogP contribution >= 0.6 is 34.0 Å². The maximum atomic E-state index is 5.16. The predicted molar refractivity (Wildman–Crippen MR) is 622 cm³/mol. The van der Waals surface area contributed by atoms with E-state index in [1.54, 1.807) is 0 Å². The molecule has 0 fully saturated rings. The van der Waals surface area contributed by atoms with Gasteiger partial charge in [-0.05, 0) is 263 Å². The van der Waals surface area contributed by atoms with Gasteiger partial charge in [0, 0.05) is 126 Å². The molecule has 0 saturated heterocycles. The summed E-state index contributed by atoms with van der Waals surface area (Å²) in [5.74, 6) is 1.01. The second kappa shape index (κ2) is 32.2. The number of rotatable bonds is 7. The molecule has 0 amide bonds. The summed E-state index contributed by atoms with van der Waals surface area (Å²) < 4.78 is 14.7. The van der Waals surface area contributed by atoms with Crippen molar-refractivity contribution >= 4 is 257 Å². The Morgan fingerprint density at radius 1 is 0.179 bits per heavy atom. The number of hydrogen-bond donors (Lipinski definition) is 0. The molecule has 6 nitrogen and oxygen atoms in total. The third-order valence-corrected chi connectivity index (χ3v) is 34.5. The van der Waals surface area contributed by atoms with Gasteiger partial charge < -0.3 is 9.13 Å². The summed E-state index contributed by atoms with van der Waals surface area (Å²) in [4.78, 5) is 15.1. The van der Waals surface area contributed by atoms with Crippen LogP contribution in [0.4, 0.5) is 0 Å². The van der Waals surface area contributed by atoms with Crippen molar-refractivity contribution in [3.63, 3.8) is 0 Å². The zero-order chi connectivity index (χ0) is 94.7. The van der Waals surface area contributed by atoms with E-state index in [4.69, 9.17) is 15.0 Å². The first-order chi connectivity index (χ1) is 71.9. The molecule has 0 atom stereocenters. The Balaban J connectivity index is 0.0000000993. The number of nitrogens with zero attached hydrogens (tertiary/aromatic N) is 6. The highest BCUT2D eigenvalue weighted by molar-refractivity contribution is 7.27. The van der Waals surface area contributed by atoms with Crippen LogP contribution in [-0.2, 0) is 6.42 Å². The minimum atomic E-state index is 0.932. The van der Waals surface area contributed by atoms with Gasteiger partial charge in [0.2, 0.25) is 0 Å². The van der Waals surface area contributed by atoms with Gasteiger partial charge in [0.25, 0.3) is 0 Å². The highest BCUT2D eigenvalue weighted by Gasteiger charge is 2.29. The summed E-state index contributed by atoms with van der Waals surface area (Å²) in [5, 5.41) is 38.5. The topological polar surface area (TPSA) is 53.5 Å². The van der Waals surface area contributed by atoms with Crippen LogP contribution in [0.25, 0.3) is 296 Å². The van der Waals surface area contributed by atoms with Gasteiger partial charge in [-0.15, -0.1) is 34.0 Å². The van der Waals surface area contributed by atoms with Crippen molar-refractivity contribution in [1.29, 1.82) is 0 Å². The van der Waals surface area contributed by atoms with Crippen molar-refractivity contribution in [2.75, 3.05) is 0 Å². The number of pyridine rings is 3. The average molecular weight is 1890 g/mol. The summed E-state index contributed by atoms with van der Waals surface area (Å²) in [6.07, 6.45) is 6.88. The van der Waals surface area contributed by atoms with E-state index in [1.165, 1.54) is 279 Å². The smallest absolute Gasteiger partial charge is 0.155 e. The minimum absolute atomic E-state index is 0.932. The van der Waals surface area contributed by atoms with Gasteiger partial charge in [-0.25, -0.2) is 4.98 Å². The quantitative estimate of drug-likeness (QED) is 0.149. The number of benzene rings is 23. The summed E-state index contributed by atoms with van der Waals surface area (Å²) >= 11 is 5.52. The molecule has 1 aliphatic rings. The molecule has 672 valence electrons. The Bertz CT molecular complexity index is 11000. The zero-order valence-corrected chi connectivity index (χ0v) is 80.6. The van der Waals surface area contributed by atoms with Gasteiger partial charge in [0.1, 0.15) is 0 Å². The summed E-state index contributed by atoms with van der Waals surface area (Å²) in [6, 6.07) is 167. The number of para-hydroxylation sites is 5. The first kappa shape index (κ1) is 81.7. The minimum Gasteiger partial charge on any atom is -0.309 e. The molecule has 33 rings (SSSR count). The van der Waals surface area contributed by atoms with Crippen molar-refractivity contribution in [3.05, 3.63) is 485 Å². The van der Waals surface area contributed by atoms with Crippen LogP contribution in [0.5, 0.6) is 0 Å². The number of aromatic nitrogens is 6. The van der Waals surface area contributed by atoms with Gasteiger partial charge in [0.15, 0.2) is 5.82 Å². The predicted octanol–water partition coefficient (Wildman–Crippen LogP) is 38.3. The van der Waals surface area contributed by atoms with E-state index < -0.39 is 0 Å². The molecule has 9 heteroatoms. The Morgan fingerprint density at radius 2 is 0.476 bits per heavy atom. The standard InChI is InChI=1S/C48H28N2S.C47H28N2S.C41H24N2S/c1-2-10-31-30(9-1)27-43-36(31)20-21-39-38-15-7-8-16-44(38)50(46(39)43)48-47-40(23-24-49-48)42-26-29(18-22-45(42)51-47)28-17-19-37-34-13-4-3-11-32(34)33-12-5-6-14-35(33)41(37)25-28;1-2-14-35-33(12-1)34-13-3-4-15-36(34)41-27-30(20-22-37(35)41)29-10-9-11-31(26-29)46-47-40(24-25-48-46)42-28-32(21-23-45(42)50-47)49-43-18-7-5-16-38(43)39-17-6-8-19-44(39)49;1-2-11-29-27(9-1)28-10-3-4-12-30(28)35-23-25(17-19-31(29)35)40-41-34(21-22-42-40)36-24-26(18-20-39(36)44-41)43-37-15-7-5-13-32(37)33-14-6-8-16-38(33)43/h1-26H,27H2;1-28H;1-24H. The van der Waals surface area contributed by atoms with E-state index in [0.717, 1.165) is 34.8 Å². The van der Waals surface area contributed by atoms with Gasteiger partial charge >= 0.3 is 0 Å². The van der Waals surface area contributed by atoms with Crippen LogP contribution in [0.15, 0.2) is 474 Å². The fourth-order valence-corrected chi connectivity index (χ4v) is 28.0. The van der Waals surface area contributed by atoms with E-state index in [-0.39, 0.29) is 0 Å². The summed E-state index contributed by atoms with van der Waals surface area (Å²) in [7, 11) is 0. The lowest BCUT2D eigenvalue weighted by atomic mass is 9.91. The molecule has 145 heavy (non-hydrogen) atoms. The second-order valence-electron chi connectivity index (χ2n) is 38.5. The molecule has 0 N–H and O–H groups in total. The van der Waals surface area contributed by atoms with Gasteiger partial charge in [-0.1, -0.05) is 334 Å². The molecule has 0 spiro atoms. The molecule has 32 aromatic rings. The van der Waals surface area contributed by atoms with E-state index in [1.807, 2.05) is 52.6 Å². The summed E-state index contributed by atoms with van der Waals surface area (Å²) in [6.45, 7) is 0. The third-order valence-electron chi connectivity index (χ3n) is 30.9. The SMILES string of the molecule is c1cc(-c2ccc3c4ccccc4c4ccccc4c3c2)cc(-c2nccc3c2sc2ccc(-n4c5ccccc5c5ccccc54)cc23)c1.c1ccc2c(c1)Cc1c-2ccc2c3ccccc3n(-c3nccc4c3sc3ccc(-c5ccc6c7ccccc7c7ccccc7c6c5)cc34)c12.c1ccc2c(c1)c1ccccc1c1cc(-c3nccc4c3sc3ccc(-n5c6ccccc6c6ccccc65)cc34)ccc21. The fourth-order valence-electron chi connectivity index (χ4n) is 24.5. The van der Waals surface area contributed by atoms with Crippen LogP contribution in [-0.4, -0.2) is 28.7 Å². The van der Waals surface area contributed by atoms with E-state index in [2.05, 4.69) is 469 Å². The van der Waals surface area contributed by atoms with Crippen LogP contribution in [0.3, 0.4) is 0 Å². The lowest BCUT2D eigenvalue weighted by Crippen LogP contribution is -1.99. The largest absolute Gasteiger partial charge is 0.309 e. The molecule has 0 bridgehead atoms. The van der Waals surface area contributed by atoms with Crippen LogP contribution < -0.4 is 0 Å². The molecule has 0 radical (unpaired) electrons. The van der Waals surface area contributed by atoms with Gasteiger partial charge in [-0.3, -0.25) is 14.5 Å². The van der Waals surface area contributed by atoms with Crippen molar-refractivity contribution in [3.8, 4) is 73.1 Å². The monoisotopic (exact) mass is 1890 g/mol. The Morgan fingerprint density at radius 3 is 0.917 bits per heavy atom. The molecule has 9 heterocycles. The number of hydrogen-bond acceptors (Lipinski definition) is 6. The molecule has 0 aliphatic heterocycles. The van der Waals surface area contributed by atoms with Crippen LogP contribution in [0.2, 0.25) is 0 Å². The molecule has 0 saturated carbocycles. The maximum absolute atomic E-state index is 5.16. The van der Waals surface area contributed by atoms with Gasteiger partial charge in [0.05, 0.1) is 58.6 Å². The first-order valence-corrected chi connectivity index (χ1v) is 52.0. The number of thiophene rings is 3. The summed E-state index contributed by atoms with van der Waals surface area (Å²) in [5.41, 5.74) is 24.4. The van der Waals surface area contributed by atoms with Crippen LogP contribution in [0, 0.1) is 0 Å². The van der Waals surface area contributed by atoms with E-state index in [0.29, 0.717) is 0 Å². The molecule has 1 aliphatic carbocycles. The lowest BCUT2D eigenvalue weighted by molar-refractivity contribution is 1.09. The fraction of sp³-hybridized carbons (Fsp3) is 0.00735. The third kappa shape index (κ3) is 12.5. The van der Waals surface area contributed by atoms with Crippen molar-refractivity contribution in [1.82, 2.24) is 28.7 Å². The van der Waals surface area contributed by atoms with E-state index in [9.17, 15) is 0 Å². The normalized spacial score (nSPS) is 12.2. The van der Waals surface area contributed by atoms with Crippen LogP contribution in [0.1, 0.15) is 11.1 Å². The second-order valence-corrected chi connectivity index (χ2v) is 41.7. The highest BCUT2D eigenvalue weighted by atomic mass is 32.1. The molecular formula is C136H80N6S3. The lowest BCUT2D eigenvalue weighted by Gasteiger charge is -2.12. The van der Waals surface area contributed by atoms with Crippen molar-refractivity contribution in [2.45, 2.75) is 6.42 Å². The number of fused-ring (bicyclic) bond motifs is 40. The first-order valence-electron chi connectivity index (χ1n) is 49.6.